The van der Waals surface area contributed by atoms with Crippen molar-refractivity contribution in [2.45, 2.75) is 387 Å². The first-order chi connectivity index (χ1) is 35.4. The molecule has 0 aliphatic rings. The molecule has 0 aliphatic carbocycles. The predicted molar refractivity (Wildman–Crippen MR) is 344 cm³/mol. The molecular formula is C66H132CdN2S4. The van der Waals surface area contributed by atoms with Gasteiger partial charge in [-0.25, -0.2) is 0 Å². The van der Waals surface area contributed by atoms with E-state index in [1.807, 2.05) is 0 Å². The Balaban J connectivity index is -0.00000132. The third-order valence-corrected chi connectivity index (χ3v) is 16.7. The fourth-order valence-electron chi connectivity index (χ4n) is 10.6. The van der Waals surface area contributed by atoms with E-state index < -0.39 is 0 Å². The van der Waals surface area contributed by atoms with E-state index in [1.165, 1.54) is 360 Å². The van der Waals surface area contributed by atoms with Gasteiger partial charge in [0, 0.05) is 26.2 Å². The zero-order valence-electron chi connectivity index (χ0n) is 50.7. The molecule has 2 nitrogen and oxygen atoms in total. The van der Waals surface area contributed by atoms with Gasteiger partial charge in [-0.05, 0) is 25.7 Å². The Morgan fingerprint density at radius 1 is 0.205 bits per heavy atom. The van der Waals surface area contributed by atoms with Gasteiger partial charge in [0.1, 0.15) is 0 Å². The number of hydrogen-bond donors (Lipinski definition) is 0. The van der Waals surface area contributed by atoms with Crippen molar-refractivity contribution in [1.29, 1.82) is 0 Å². The summed E-state index contributed by atoms with van der Waals surface area (Å²) in [4.78, 5) is 4.59. The number of hydrogen-bond acceptors (Lipinski definition) is 4. The van der Waals surface area contributed by atoms with E-state index in [2.05, 4.69) is 37.5 Å². The molecule has 0 atom stereocenters. The second kappa shape index (κ2) is 71.2. The van der Waals surface area contributed by atoms with Crippen molar-refractivity contribution < 1.29 is 27.3 Å². The van der Waals surface area contributed by atoms with E-state index in [0.29, 0.717) is 8.64 Å². The van der Waals surface area contributed by atoms with E-state index in [1.54, 1.807) is 0 Å². The minimum atomic E-state index is 0. The number of thiocarbonyl (C=S) groups is 2. The first-order valence-corrected chi connectivity index (χ1v) is 35.0. The van der Waals surface area contributed by atoms with Crippen molar-refractivity contribution in [3.8, 4) is 0 Å². The standard InChI is InChI=1S/2C33H67NS2.Cd/c2*1-3-5-7-9-11-13-15-17-19-21-23-25-27-29-31-34(33(35)36)32-30-28-26-24-22-20-18-16-14-12-10-8-6-4-2;/h2*3-32H2,1-2H3,(H,35,36);/q;;+2/p-2. The van der Waals surface area contributed by atoms with Crippen molar-refractivity contribution in [3.05, 3.63) is 0 Å². The zero-order chi connectivity index (χ0) is 52.7. The van der Waals surface area contributed by atoms with Gasteiger partial charge in [-0.3, -0.25) is 0 Å². The normalized spacial score (nSPS) is 11.1. The van der Waals surface area contributed by atoms with Crippen LogP contribution in [0.4, 0.5) is 0 Å². The van der Waals surface area contributed by atoms with Crippen molar-refractivity contribution in [2.24, 2.45) is 0 Å². The molecule has 0 aromatic carbocycles. The van der Waals surface area contributed by atoms with Gasteiger partial charge in [-0.1, -0.05) is 370 Å². The molecule has 0 amide bonds. The molecule has 0 saturated heterocycles. The second-order valence-corrected chi connectivity index (χ2v) is 25.0. The number of unbranched alkanes of at least 4 members (excludes halogenated alkanes) is 52. The Hall–Kier alpha value is 1.14. The molecule has 0 heterocycles. The van der Waals surface area contributed by atoms with Gasteiger partial charge in [-0.2, -0.15) is 0 Å². The van der Waals surface area contributed by atoms with Crippen LogP contribution in [-0.2, 0) is 52.6 Å². The van der Waals surface area contributed by atoms with Gasteiger partial charge in [-0.15, -0.1) is 0 Å². The predicted octanol–water partition coefficient (Wildman–Crippen LogP) is 24.2. The molecule has 0 bridgehead atoms. The summed E-state index contributed by atoms with van der Waals surface area (Å²) in [7, 11) is 0. The topological polar surface area (TPSA) is 6.48 Å². The van der Waals surface area contributed by atoms with Crippen LogP contribution in [-0.4, -0.2) is 44.6 Å². The van der Waals surface area contributed by atoms with Gasteiger partial charge in [0.05, 0.1) is 0 Å². The summed E-state index contributed by atoms with van der Waals surface area (Å²) in [6.45, 7) is 13.5. The van der Waals surface area contributed by atoms with E-state index in [-0.39, 0.29) is 27.3 Å². The number of nitrogens with zero attached hydrogens (tertiary/aromatic N) is 2. The van der Waals surface area contributed by atoms with E-state index in [4.69, 9.17) is 49.7 Å². The fourth-order valence-corrected chi connectivity index (χ4v) is 11.3. The van der Waals surface area contributed by atoms with E-state index in [9.17, 15) is 0 Å². The molecule has 0 unspecified atom stereocenters. The Labute approximate surface area is 504 Å². The van der Waals surface area contributed by atoms with Crippen molar-refractivity contribution in [1.82, 2.24) is 9.80 Å². The van der Waals surface area contributed by atoms with Crippen LogP contribution in [0.25, 0.3) is 0 Å². The Bertz CT molecular complexity index is 873. The molecule has 0 radical (unpaired) electrons. The molecule has 73 heavy (non-hydrogen) atoms. The average Bonchev–Trinajstić information content (AvgIpc) is 3.37. The summed E-state index contributed by atoms with van der Waals surface area (Å²) in [5, 5.41) is 0. The van der Waals surface area contributed by atoms with Gasteiger partial charge in [0.2, 0.25) is 0 Å². The Morgan fingerprint density at radius 2 is 0.301 bits per heavy atom. The molecule has 0 saturated carbocycles. The second-order valence-electron chi connectivity index (χ2n) is 22.9. The molecule has 0 N–H and O–H groups in total. The summed E-state index contributed by atoms with van der Waals surface area (Å²) in [6, 6.07) is 0. The quantitative estimate of drug-likeness (QED) is 0.0257. The summed E-state index contributed by atoms with van der Waals surface area (Å²) in [5.41, 5.74) is 0. The summed E-state index contributed by atoms with van der Waals surface area (Å²) >= 11 is 21.4. The molecule has 0 aromatic rings. The minimum absolute atomic E-state index is 0. The summed E-state index contributed by atoms with van der Waals surface area (Å²) in [6.07, 6.45) is 79.1. The van der Waals surface area contributed by atoms with Crippen LogP contribution in [0.3, 0.4) is 0 Å². The molecular weight excluding hydrogens is 1060 g/mol. The molecule has 0 fully saturated rings. The minimum Gasteiger partial charge on any atom is -0.411 e. The van der Waals surface area contributed by atoms with Crippen molar-refractivity contribution in [2.75, 3.05) is 26.2 Å². The van der Waals surface area contributed by atoms with Gasteiger partial charge in [0.25, 0.3) is 0 Å². The van der Waals surface area contributed by atoms with Gasteiger partial charge < -0.3 is 59.5 Å². The monoisotopic (exact) mass is 1190 g/mol. The third kappa shape index (κ3) is 69.2. The van der Waals surface area contributed by atoms with E-state index >= 15 is 0 Å². The van der Waals surface area contributed by atoms with Crippen LogP contribution in [0.1, 0.15) is 387 Å². The van der Waals surface area contributed by atoms with Gasteiger partial charge in [0.15, 0.2) is 0 Å². The van der Waals surface area contributed by atoms with Crippen LogP contribution < -0.4 is 0 Å². The number of rotatable bonds is 60. The molecule has 7 heteroatoms. The summed E-state index contributed by atoms with van der Waals surface area (Å²) < 4.78 is 1.39. The fraction of sp³-hybridized carbons (Fsp3) is 0.970. The zero-order valence-corrected chi connectivity index (χ0v) is 58.0. The maximum absolute atomic E-state index is 5.36. The third-order valence-electron chi connectivity index (χ3n) is 15.6. The first-order valence-electron chi connectivity index (χ1n) is 33.4. The summed E-state index contributed by atoms with van der Waals surface area (Å²) in [5.74, 6) is 0. The molecule has 432 valence electrons. The maximum Gasteiger partial charge on any atom is 2.00 e. The smallest absolute Gasteiger partial charge is 0.411 e. The Kier molecular flexibility index (Phi) is 76.4. The van der Waals surface area contributed by atoms with Crippen LogP contribution >= 0.6 is 24.4 Å². The Morgan fingerprint density at radius 3 is 0.397 bits per heavy atom. The van der Waals surface area contributed by atoms with Crippen LogP contribution in [0.15, 0.2) is 0 Å². The van der Waals surface area contributed by atoms with Crippen LogP contribution in [0, 0.1) is 0 Å². The molecule has 0 rings (SSSR count). The SMILES string of the molecule is CCCCCCCCCCCCCCCCN(CCCCCCCCCCCCCCCC)C(=S)[S-].CCCCCCCCCCCCCCCCN(CCCCCCCCCCCCCCCC)C(=S)[S-].[Cd+2]. The van der Waals surface area contributed by atoms with Crippen molar-refractivity contribution in [3.63, 3.8) is 0 Å². The molecule has 0 aromatic heterocycles. The van der Waals surface area contributed by atoms with Crippen LogP contribution in [0.2, 0.25) is 0 Å². The van der Waals surface area contributed by atoms with E-state index in [0.717, 1.165) is 26.2 Å². The largest absolute Gasteiger partial charge is 2.00 e. The van der Waals surface area contributed by atoms with Gasteiger partial charge >= 0.3 is 27.3 Å². The molecule has 0 aliphatic heterocycles. The van der Waals surface area contributed by atoms with Crippen molar-refractivity contribution >= 4 is 58.3 Å². The maximum atomic E-state index is 5.36. The molecule has 0 spiro atoms. The first kappa shape index (κ1) is 78.4. The van der Waals surface area contributed by atoms with Crippen LogP contribution in [0.5, 0.6) is 0 Å². The average molecular weight is 1190 g/mol.